The summed E-state index contributed by atoms with van der Waals surface area (Å²) in [5.41, 5.74) is 10.3. The summed E-state index contributed by atoms with van der Waals surface area (Å²) >= 11 is 0. The van der Waals surface area contributed by atoms with Gasteiger partial charge in [-0.2, -0.15) is 0 Å². The van der Waals surface area contributed by atoms with E-state index >= 15 is 0 Å². The maximum absolute atomic E-state index is 6.42. The van der Waals surface area contributed by atoms with Crippen molar-refractivity contribution in [3.63, 3.8) is 0 Å². The Morgan fingerprint density at radius 1 is 1.08 bits per heavy atom. The van der Waals surface area contributed by atoms with Gasteiger partial charge in [0.1, 0.15) is 29.5 Å². The van der Waals surface area contributed by atoms with Crippen molar-refractivity contribution in [2.45, 2.75) is 6.92 Å². The third kappa shape index (κ3) is 2.76. The molecule has 2 aromatic carbocycles. The first-order chi connectivity index (χ1) is 12.7. The van der Waals surface area contributed by atoms with Crippen LogP contribution in [0.4, 0.5) is 5.82 Å². The molecule has 0 aliphatic rings. The second-order valence-corrected chi connectivity index (χ2v) is 6.26. The fraction of sp³-hybridized carbons (Fsp3) is 0.190. The molecule has 0 aliphatic heterocycles. The Morgan fingerprint density at radius 2 is 1.92 bits per heavy atom. The minimum absolute atomic E-state index is 0.510. The summed E-state index contributed by atoms with van der Waals surface area (Å²) in [6.45, 7) is 3.13. The Kier molecular flexibility index (Phi) is 4.22. The van der Waals surface area contributed by atoms with Crippen LogP contribution in [0.3, 0.4) is 0 Å². The van der Waals surface area contributed by atoms with Crippen molar-refractivity contribution in [3.05, 3.63) is 60.3 Å². The first-order valence-electron chi connectivity index (χ1n) is 8.57. The molecule has 2 aromatic heterocycles. The van der Waals surface area contributed by atoms with Gasteiger partial charge in [-0.05, 0) is 36.1 Å². The van der Waals surface area contributed by atoms with Gasteiger partial charge in [0.2, 0.25) is 0 Å². The van der Waals surface area contributed by atoms with Gasteiger partial charge in [-0.1, -0.05) is 30.3 Å². The molecule has 0 amide bonds. The van der Waals surface area contributed by atoms with Crippen LogP contribution in [0.25, 0.3) is 27.7 Å². The Balaban J connectivity index is 1.88. The molecular weight excluding hydrogens is 326 g/mol. The van der Waals surface area contributed by atoms with Crippen LogP contribution < -0.4 is 10.5 Å². The molecule has 4 aromatic rings. The maximum Gasteiger partial charge on any atom is 0.147 e. The summed E-state index contributed by atoms with van der Waals surface area (Å²) in [6.07, 6.45) is 1.97. The number of hydrogen-bond acceptors (Lipinski definition) is 4. The zero-order valence-electron chi connectivity index (χ0n) is 14.9. The van der Waals surface area contributed by atoms with Crippen molar-refractivity contribution >= 4 is 22.2 Å². The zero-order chi connectivity index (χ0) is 18.1. The largest absolute Gasteiger partial charge is 0.491 e. The Labute approximate surface area is 152 Å². The molecule has 26 heavy (non-hydrogen) atoms. The Hall–Kier alpha value is -3.05. The number of imidazole rings is 1. The first-order valence-corrected chi connectivity index (χ1v) is 8.57. The average Bonchev–Trinajstić information content (AvgIpc) is 2.99. The van der Waals surface area contributed by atoms with Gasteiger partial charge >= 0.3 is 0 Å². The molecule has 2 N–H and O–H groups in total. The predicted octanol–water partition coefficient (Wildman–Crippen LogP) is 4.07. The van der Waals surface area contributed by atoms with E-state index in [-0.39, 0.29) is 0 Å². The van der Waals surface area contributed by atoms with E-state index in [1.54, 1.807) is 7.11 Å². The molecular formula is C21H21N3O2. The highest BCUT2D eigenvalue weighted by Crippen LogP contribution is 2.32. The van der Waals surface area contributed by atoms with Crippen LogP contribution in [0.2, 0.25) is 0 Å². The highest BCUT2D eigenvalue weighted by molar-refractivity contribution is 5.97. The van der Waals surface area contributed by atoms with Crippen LogP contribution in [0.5, 0.6) is 5.75 Å². The van der Waals surface area contributed by atoms with Gasteiger partial charge in [0.25, 0.3) is 0 Å². The highest BCUT2D eigenvalue weighted by atomic mass is 16.5. The second kappa shape index (κ2) is 6.69. The van der Waals surface area contributed by atoms with Gasteiger partial charge in [-0.3, -0.25) is 4.40 Å². The molecule has 2 heterocycles. The zero-order valence-corrected chi connectivity index (χ0v) is 14.9. The van der Waals surface area contributed by atoms with Gasteiger partial charge in [0.15, 0.2) is 0 Å². The molecule has 0 fully saturated rings. The molecule has 0 unspecified atom stereocenters. The van der Waals surface area contributed by atoms with E-state index in [1.165, 1.54) is 0 Å². The number of fused-ring (bicyclic) bond motifs is 3. The van der Waals surface area contributed by atoms with Gasteiger partial charge in [-0.25, -0.2) is 4.98 Å². The number of anilines is 1. The van der Waals surface area contributed by atoms with Crippen LogP contribution in [0.15, 0.2) is 54.7 Å². The lowest BCUT2D eigenvalue weighted by Gasteiger charge is -2.07. The summed E-state index contributed by atoms with van der Waals surface area (Å²) in [5.74, 6) is 1.43. The fourth-order valence-corrected chi connectivity index (χ4v) is 3.18. The topological polar surface area (TPSA) is 61.8 Å². The van der Waals surface area contributed by atoms with Gasteiger partial charge in [0, 0.05) is 24.3 Å². The van der Waals surface area contributed by atoms with Crippen LogP contribution in [-0.2, 0) is 4.74 Å². The number of nitrogen functional groups attached to an aromatic ring is 1. The van der Waals surface area contributed by atoms with E-state index in [0.29, 0.717) is 19.0 Å². The normalized spacial score (nSPS) is 11.3. The minimum Gasteiger partial charge on any atom is -0.491 e. The Bertz CT molecular complexity index is 1090. The summed E-state index contributed by atoms with van der Waals surface area (Å²) in [7, 11) is 1.66. The van der Waals surface area contributed by atoms with Crippen molar-refractivity contribution in [1.29, 1.82) is 0 Å². The molecule has 0 atom stereocenters. The van der Waals surface area contributed by atoms with Crippen molar-refractivity contribution in [2.75, 3.05) is 26.1 Å². The number of nitrogens with two attached hydrogens (primary N) is 1. The van der Waals surface area contributed by atoms with Gasteiger partial charge < -0.3 is 15.2 Å². The fourth-order valence-electron chi connectivity index (χ4n) is 3.18. The van der Waals surface area contributed by atoms with Crippen molar-refractivity contribution in [3.8, 4) is 17.0 Å². The molecule has 0 saturated carbocycles. The quantitative estimate of drug-likeness (QED) is 0.553. The highest BCUT2D eigenvalue weighted by Gasteiger charge is 2.15. The standard InChI is InChI=1S/C21H21N3O2/c1-14-5-3-4-6-17(14)19-20(22)24-10-9-15-7-8-16(26-12-11-25-2)13-18(15)21(24)23-19/h3-10,13H,11-12,22H2,1-2H3. The number of ether oxygens (including phenoxy) is 2. The molecule has 5 nitrogen and oxygen atoms in total. The van der Waals surface area contributed by atoms with E-state index in [1.807, 2.05) is 47.0 Å². The minimum atomic E-state index is 0.510. The lowest BCUT2D eigenvalue weighted by atomic mass is 10.1. The summed E-state index contributed by atoms with van der Waals surface area (Å²) in [6, 6.07) is 16.2. The van der Waals surface area contributed by atoms with Crippen molar-refractivity contribution in [2.24, 2.45) is 0 Å². The number of aromatic nitrogens is 2. The predicted molar refractivity (Wildman–Crippen MR) is 105 cm³/mol. The summed E-state index contributed by atoms with van der Waals surface area (Å²) in [4.78, 5) is 4.87. The van der Waals surface area contributed by atoms with Gasteiger partial charge in [-0.15, -0.1) is 0 Å². The van der Waals surface area contributed by atoms with Crippen LogP contribution in [0, 0.1) is 6.92 Å². The van der Waals surface area contributed by atoms with E-state index in [9.17, 15) is 0 Å². The van der Waals surface area contributed by atoms with E-state index in [2.05, 4.69) is 19.1 Å². The lowest BCUT2D eigenvalue weighted by Crippen LogP contribution is -2.04. The lowest BCUT2D eigenvalue weighted by molar-refractivity contribution is 0.146. The number of pyridine rings is 1. The van der Waals surface area contributed by atoms with E-state index < -0.39 is 0 Å². The van der Waals surface area contributed by atoms with E-state index in [0.717, 1.165) is 39.0 Å². The number of methoxy groups -OCH3 is 1. The number of aryl methyl sites for hydroxylation is 1. The maximum atomic E-state index is 6.42. The first kappa shape index (κ1) is 16.4. The van der Waals surface area contributed by atoms with Crippen LogP contribution >= 0.6 is 0 Å². The molecule has 5 heteroatoms. The SMILES string of the molecule is COCCOc1ccc2ccn3c(N)c(-c4ccccc4C)nc3c2c1. The molecule has 0 saturated heterocycles. The summed E-state index contributed by atoms with van der Waals surface area (Å²) in [5, 5.41) is 2.10. The van der Waals surface area contributed by atoms with Crippen molar-refractivity contribution < 1.29 is 9.47 Å². The third-order valence-corrected chi connectivity index (χ3v) is 4.57. The number of nitrogens with zero attached hydrogens (tertiary/aromatic N) is 2. The van der Waals surface area contributed by atoms with E-state index in [4.69, 9.17) is 20.2 Å². The molecule has 0 aliphatic carbocycles. The molecule has 132 valence electrons. The second-order valence-electron chi connectivity index (χ2n) is 6.26. The van der Waals surface area contributed by atoms with Crippen molar-refractivity contribution in [1.82, 2.24) is 9.38 Å². The summed E-state index contributed by atoms with van der Waals surface area (Å²) < 4.78 is 12.7. The third-order valence-electron chi connectivity index (χ3n) is 4.57. The number of hydrogen-bond donors (Lipinski definition) is 1. The van der Waals surface area contributed by atoms with Crippen LogP contribution in [0.1, 0.15) is 5.56 Å². The average molecular weight is 347 g/mol. The molecule has 0 radical (unpaired) electrons. The number of rotatable bonds is 5. The molecule has 0 spiro atoms. The number of benzene rings is 2. The van der Waals surface area contributed by atoms with Crippen LogP contribution in [-0.4, -0.2) is 29.7 Å². The smallest absolute Gasteiger partial charge is 0.147 e. The molecule has 0 bridgehead atoms. The monoisotopic (exact) mass is 347 g/mol. The van der Waals surface area contributed by atoms with Gasteiger partial charge in [0.05, 0.1) is 6.61 Å². The Morgan fingerprint density at radius 3 is 2.73 bits per heavy atom. The molecule has 4 rings (SSSR count).